The third-order valence-corrected chi connectivity index (χ3v) is 3.57. The summed E-state index contributed by atoms with van der Waals surface area (Å²) in [6, 6.07) is 0. The highest BCUT2D eigenvalue weighted by Gasteiger charge is 2.23. The number of nitrogens with two attached hydrogens (primary N) is 1. The van der Waals surface area contributed by atoms with Crippen molar-refractivity contribution in [3.8, 4) is 5.75 Å². The average molecular weight is 316 g/mol. The van der Waals surface area contributed by atoms with Gasteiger partial charge in [-0.25, -0.2) is 4.79 Å². The fraction of sp³-hybridized carbons (Fsp3) is 0.643. The van der Waals surface area contributed by atoms with Crippen LogP contribution in [0.25, 0.3) is 0 Å². The summed E-state index contributed by atoms with van der Waals surface area (Å²) in [6.07, 6.45) is -0.0376. The number of carbonyl (C=O) groups excluding carboxylic acids is 1. The lowest BCUT2D eigenvalue weighted by Crippen LogP contribution is -2.12. The van der Waals surface area contributed by atoms with Crippen LogP contribution in [0.15, 0.2) is 0 Å². The number of nitrogens with one attached hydrogen (secondary N) is 1. The summed E-state index contributed by atoms with van der Waals surface area (Å²) < 4.78 is 16.0. The molecule has 0 amide bonds. The first kappa shape index (κ1) is 17.6. The molecule has 0 unspecified atom stereocenters. The van der Waals surface area contributed by atoms with E-state index in [2.05, 4.69) is 5.32 Å². The Hall–Kier alpha value is -1.47. The summed E-state index contributed by atoms with van der Waals surface area (Å²) in [5.74, 6) is 0.0843. The monoisotopic (exact) mass is 316 g/mol. The normalized spacial score (nSPS) is 10.7. The summed E-state index contributed by atoms with van der Waals surface area (Å²) in [6.45, 7) is 9.68. The number of anilines is 2. The highest BCUT2D eigenvalue weighted by molar-refractivity contribution is 7.19. The predicted octanol–water partition coefficient (Wildman–Crippen LogP) is 2.74. The second kappa shape index (κ2) is 8.74. The van der Waals surface area contributed by atoms with Gasteiger partial charge in [-0.2, -0.15) is 0 Å². The van der Waals surface area contributed by atoms with Gasteiger partial charge in [-0.1, -0.05) is 0 Å². The van der Waals surface area contributed by atoms with Crippen molar-refractivity contribution in [2.24, 2.45) is 0 Å². The van der Waals surface area contributed by atoms with Gasteiger partial charge < -0.3 is 25.3 Å². The minimum atomic E-state index is -0.425. The molecule has 1 heterocycles. The van der Waals surface area contributed by atoms with E-state index in [-0.39, 0.29) is 6.10 Å². The Kier molecular flexibility index (Phi) is 7.31. The molecule has 7 heteroatoms. The van der Waals surface area contributed by atoms with Gasteiger partial charge in [0, 0.05) is 13.2 Å². The molecule has 0 radical (unpaired) electrons. The number of carbonyl (C=O) groups is 1. The first-order valence-corrected chi connectivity index (χ1v) is 7.90. The highest BCUT2D eigenvalue weighted by Crippen LogP contribution is 2.43. The number of rotatable bonds is 9. The molecule has 0 aliphatic carbocycles. The van der Waals surface area contributed by atoms with Crippen LogP contribution in [-0.2, 0) is 9.47 Å². The first-order chi connectivity index (χ1) is 10.0. The van der Waals surface area contributed by atoms with E-state index in [9.17, 15) is 4.79 Å². The molecule has 0 atom stereocenters. The zero-order valence-electron chi connectivity index (χ0n) is 13.0. The van der Waals surface area contributed by atoms with E-state index in [4.69, 9.17) is 19.9 Å². The number of nitrogen functional groups attached to an aromatic ring is 1. The molecule has 0 aromatic carbocycles. The average Bonchev–Trinajstić information content (AvgIpc) is 2.72. The van der Waals surface area contributed by atoms with Crippen LogP contribution in [0.5, 0.6) is 5.75 Å². The van der Waals surface area contributed by atoms with Gasteiger partial charge in [-0.15, -0.1) is 11.3 Å². The highest BCUT2D eigenvalue weighted by atomic mass is 32.1. The smallest absolute Gasteiger partial charge is 0.350 e. The third kappa shape index (κ3) is 5.09. The molecule has 21 heavy (non-hydrogen) atoms. The molecule has 1 aromatic heterocycles. The number of esters is 1. The molecule has 0 aliphatic rings. The lowest BCUT2D eigenvalue weighted by Gasteiger charge is -2.12. The van der Waals surface area contributed by atoms with Crippen molar-refractivity contribution in [2.75, 3.05) is 37.4 Å². The van der Waals surface area contributed by atoms with E-state index in [1.165, 1.54) is 11.3 Å². The van der Waals surface area contributed by atoms with E-state index >= 15 is 0 Å². The second-order valence-corrected chi connectivity index (χ2v) is 5.53. The van der Waals surface area contributed by atoms with Crippen LogP contribution in [0.4, 0.5) is 10.7 Å². The quantitative estimate of drug-likeness (QED) is 0.538. The number of ether oxygens (including phenoxy) is 3. The molecule has 0 spiro atoms. The zero-order chi connectivity index (χ0) is 15.8. The Labute approximate surface area is 129 Å². The van der Waals surface area contributed by atoms with Crippen molar-refractivity contribution < 1.29 is 19.0 Å². The van der Waals surface area contributed by atoms with Crippen LogP contribution in [0, 0.1) is 0 Å². The predicted molar refractivity (Wildman–Crippen MR) is 85.4 cm³/mol. The SMILES string of the molecule is CCOCCNc1sc(C(=O)OCC)c(N)c1OC(C)C. The van der Waals surface area contributed by atoms with E-state index in [0.29, 0.717) is 42.7 Å². The fourth-order valence-corrected chi connectivity index (χ4v) is 2.60. The molecule has 0 fully saturated rings. The lowest BCUT2D eigenvalue weighted by molar-refractivity contribution is 0.0533. The summed E-state index contributed by atoms with van der Waals surface area (Å²) in [7, 11) is 0. The van der Waals surface area contributed by atoms with Crippen molar-refractivity contribution in [2.45, 2.75) is 33.8 Å². The van der Waals surface area contributed by atoms with Gasteiger partial charge >= 0.3 is 5.97 Å². The van der Waals surface area contributed by atoms with Gasteiger partial charge in [-0.3, -0.25) is 0 Å². The standard InChI is InChI=1S/C14H24N2O4S/c1-5-18-8-7-16-13-11(20-9(3)4)10(15)12(21-13)14(17)19-6-2/h9,16H,5-8,15H2,1-4H3. The molecule has 3 N–H and O–H groups in total. The molecule has 6 nitrogen and oxygen atoms in total. The molecular weight excluding hydrogens is 292 g/mol. The summed E-state index contributed by atoms with van der Waals surface area (Å²) in [4.78, 5) is 12.3. The van der Waals surface area contributed by atoms with Crippen molar-refractivity contribution in [1.29, 1.82) is 0 Å². The van der Waals surface area contributed by atoms with Gasteiger partial charge in [0.05, 0.1) is 19.3 Å². The molecule has 0 bridgehead atoms. The number of thiophene rings is 1. The van der Waals surface area contributed by atoms with Gasteiger partial charge in [-0.05, 0) is 27.7 Å². The minimum absolute atomic E-state index is 0.0376. The molecule has 120 valence electrons. The molecule has 0 saturated carbocycles. The zero-order valence-corrected chi connectivity index (χ0v) is 13.8. The van der Waals surface area contributed by atoms with E-state index in [1.54, 1.807) is 6.92 Å². The Morgan fingerprint density at radius 2 is 2.05 bits per heavy atom. The maximum Gasteiger partial charge on any atom is 0.350 e. The maximum atomic E-state index is 11.9. The summed E-state index contributed by atoms with van der Waals surface area (Å²) in [5.41, 5.74) is 6.35. The van der Waals surface area contributed by atoms with Crippen molar-refractivity contribution in [3.05, 3.63) is 4.88 Å². The van der Waals surface area contributed by atoms with Crippen molar-refractivity contribution in [1.82, 2.24) is 0 Å². The van der Waals surface area contributed by atoms with Crippen LogP contribution in [0.3, 0.4) is 0 Å². The Bertz CT molecular complexity index is 460. The van der Waals surface area contributed by atoms with E-state index in [0.717, 1.165) is 5.00 Å². The Morgan fingerprint density at radius 1 is 1.33 bits per heavy atom. The molecule has 0 aliphatic heterocycles. The molecule has 1 aromatic rings. The van der Waals surface area contributed by atoms with Crippen LogP contribution in [0.2, 0.25) is 0 Å². The summed E-state index contributed by atoms with van der Waals surface area (Å²) >= 11 is 1.24. The number of hydrogen-bond donors (Lipinski definition) is 2. The second-order valence-electron chi connectivity index (χ2n) is 4.51. The Morgan fingerprint density at radius 3 is 2.62 bits per heavy atom. The molecular formula is C14H24N2O4S. The van der Waals surface area contributed by atoms with Gasteiger partial charge in [0.25, 0.3) is 0 Å². The first-order valence-electron chi connectivity index (χ1n) is 7.08. The van der Waals surface area contributed by atoms with E-state index in [1.807, 2.05) is 20.8 Å². The largest absolute Gasteiger partial charge is 0.486 e. The number of hydrogen-bond acceptors (Lipinski definition) is 7. The maximum absolute atomic E-state index is 11.9. The third-order valence-electron chi connectivity index (χ3n) is 2.45. The fourth-order valence-electron chi connectivity index (χ4n) is 1.63. The van der Waals surface area contributed by atoms with Gasteiger partial charge in [0.2, 0.25) is 0 Å². The molecule has 1 rings (SSSR count). The van der Waals surface area contributed by atoms with Crippen molar-refractivity contribution in [3.63, 3.8) is 0 Å². The van der Waals surface area contributed by atoms with Crippen LogP contribution in [-0.4, -0.2) is 38.4 Å². The van der Waals surface area contributed by atoms with Crippen LogP contribution >= 0.6 is 11.3 Å². The van der Waals surface area contributed by atoms with Crippen LogP contribution in [0.1, 0.15) is 37.4 Å². The van der Waals surface area contributed by atoms with Crippen molar-refractivity contribution >= 4 is 28.0 Å². The molecule has 0 saturated heterocycles. The topological polar surface area (TPSA) is 82.8 Å². The Balaban J connectivity index is 2.92. The van der Waals surface area contributed by atoms with Gasteiger partial charge in [0.15, 0.2) is 5.75 Å². The van der Waals surface area contributed by atoms with Gasteiger partial charge in [0.1, 0.15) is 15.6 Å². The summed E-state index contributed by atoms with van der Waals surface area (Å²) in [5, 5.41) is 3.92. The van der Waals surface area contributed by atoms with E-state index < -0.39 is 5.97 Å². The van der Waals surface area contributed by atoms with Crippen LogP contribution < -0.4 is 15.8 Å². The lowest BCUT2D eigenvalue weighted by atomic mass is 10.3. The minimum Gasteiger partial charge on any atom is -0.486 e.